The van der Waals surface area contributed by atoms with E-state index in [4.69, 9.17) is 0 Å². The number of hydrogen-bond donors (Lipinski definition) is 1. The molecule has 0 aromatic carbocycles. The maximum atomic E-state index is 11.2. The van der Waals surface area contributed by atoms with Crippen molar-refractivity contribution < 1.29 is 9.53 Å². The van der Waals surface area contributed by atoms with Crippen LogP contribution in [-0.2, 0) is 4.74 Å². The van der Waals surface area contributed by atoms with Crippen molar-refractivity contribution in [1.29, 1.82) is 0 Å². The van der Waals surface area contributed by atoms with E-state index in [1.165, 1.54) is 13.3 Å². The number of carbonyl (C=O) groups is 1. The second-order valence-corrected chi connectivity index (χ2v) is 4.50. The molecule has 2 heterocycles. The largest absolute Gasteiger partial charge is 0.464 e. The van der Waals surface area contributed by atoms with Gasteiger partial charge in [-0.1, -0.05) is 0 Å². The molecule has 0 unspecified atom stereocenters. The molecule has 1 aliphatic rings. The lowest BCUT2D eigenvalue weighted by molar-refractivity contribution is 0.0593. The van der Waals surface area contributed by atoms with Crippen molar-refractivity contribution in [1.82, 2.24) is 14.9 Å². The summed E-state index contributed by atoms with van der Waals surface area (Å²) < 4.78 is 4.57. The van der Waals surface area contributed by atoms with E-state index in [9.17, 15) is 4.79 Å². The number of likely N-dealkylation sites (tertiary alicyclic amines) is 1. The van der Waals surface area contributed by atoms with Crippen LogP contribution < -0.4 is 5.32 Å². The highest BCUT2D eigenvalue weighted by molar-refractivity contribution is 5.86. The number of aromatic nitrogens is 2. The van der Waals surface area contributed by atoms with Crippen molar-refractivity contribution in [3.63, 3.8) is 0 Å². The third-order valence-electron chi connectivity index (χ3n) is 3.12. The van der Waals surface area contributed by atoms with E-state index in [1.807, 2.05) is 0 Å². The van der Waals surface area contributed by atoms with Crippen LogP contribution in [0.1, 0.15) is 23.3 Å². The summed E-state index contributed by atoms with van der Waals surface area (Å²) in [5.41, 5.74) is 0.228. The van der Waals surface area contributed by atoms with E-state index in [1.54, 1.807) is 6.20 Å². The highest BCUT2D eigenvalue weighted by atomic mass is 16.5. The summed E-state index contributed by atoms with van der Waals surface area (Å²) in [5.74, 6) is 0.241. The van der Waals surface area contributed by atoms with E-state index in [-0.39, 0.29) is 5.69 Å². The zero-order valence-corrected chi connectivity index (χ0v) is 10.7. The Bertz CT molecular complexity index is 399. The van der Waals surface area contributed by atoms with Crippen LogP contribution in [0.5, 0.6) is 0 Å². The molecule has 0 amide bonds. The third kappa shape index (κ3) is 3.16. The van der Waals surface area contributed by atoms with Gasteiger partial charge in [0.1, 0.15) is 5.82 Å². The Kier molecular flexibility index (Phi) is 4.09. The fraction of sp³-hybridized carbons (Fsp3) is 0.583. The third-order valence-corrected chi connectivity index (χ3v) is 3.12. The molecule has 1 fully saturated rings. The van der Waals surface area contributed by atoms with E-state index < -0.39 is 5.97 Å². The number of piperidine rings is 1. The van der Waals surface area contributed by atoms with Gasteiger partial charge in [0.05, 0.1) is 19.5 Å². The van der Waals surface area contributed by atoms with Gasteiger partial charge in [-0.05, 0) is 33.0 Å². The number of hydrogen-bond acceptors (Lipinski definition) is 6. The van der Waals surface area contributed by atoms with Crippen LogP contribution in [0.4, 0.5) is 5.82 Å². The van der Waals surface area contributed by atoms with Gasteiger partial charge >= 0.3 is 5.97 Å². The predicted molar refractivity (Wildman–Crippen MR) is 67.5 cm³/mol. The number of methoxy groups -OCH3 is 1. The number of nitrogens with one attached hydrogen (secondary N) is 1. The molecule has 0 bridgehead atoms. The summed E-state index contributed by atoms with van der Waals surface area (Å²) >= 11 is 0. The maximum Gasteiger partial charge on any atom is 0.358 e. The Morgan fingerprint density at radius 3 is 2.67 bits per heavy atom. The predicted octanol–water partition coefficient (Wildman–Crippen LogP) is 0.769. The number of carbonyl (C=O) groups excluding carboxylic acids is 1. The number of esters is 1. The summed E-state index contributed by atoms with van der Waals surface area (Å²) in [6, 6.07) is 0.430. The highest BCUT2D eigenvalue weighted by Crippen LogP contribution is 2.13. The van der Waals surface area contributed by atoms with Gasteiger partial charge < -0.3 is 15.0 Å². The van der Waals surface area contributed by atoms with E-state index in [0.29, 0.717) is 11.9 Å². The quantitative estimate of drug-likeness (QED) is 0.799. The molecule has 1 aliphatic heterocycles. The number of rotatable bonds is 3. The molecular formula is C12H18N4O2. The molecule has 0 aliphatic carbocycles. The van der Waals surface area contributed by atoms with E-state index in [2.05, 4.69) is 32.0 Å². The van der Waals surface area contributed by atoms with Gasteiger partial charge in [0, 0.05) is 6.04 Å². The van der Waals surface area contributed by atoms with Crippen LogP contribution in [0.2, 0.25) is 0 Å². The minimum atomic E-state index is -0.464. The van der Waals surface area contributed by atoms with Crippen LogP contribution in [0, 0.1) is 0 Å². The summed E-state index contributed by atoms with van der Waals surface area (Å²) in [6.45, 7) is 2.18. The molecule has 18 heavy (non-hydrogen) atoms. The molecule has 0 atom stereocenters. The first-order valence-corrected chi connectivity index (χ1v) is 6.04. The normalized spacial score (nSPS) is 17.4. The van der Waals surface area contributed by atoms with Crippen LogP contribution in [-0.4, -0.2) is 54.1 Å². The first-order chi connectivity index (χ1) is 8.69. The minimum Gasteiger partial charge on any atom is -0.464 e. The molecule has 2 rings (SSSR count). The summed E-state index contributed by atoms with van der Waals surface area (Å²) in [5, 5.41) is 3.33. The molecule has 0 radical (unpaired) electrons. The number of anilines is 1. The topological polar surface area (TPSA) is 67.3 Å². The maximum absolute atomic E-state index is 11.2. The first-order valence-electron chi connectivity index (χ1n) is 6.04. The zero-order valence-electron chi connectivity index (χ0n) is 10.7. The average molecular weight is 250 g/mol. The van der Waals surface area contributed by atoms with Crippen LogP contribution in [0.3, 0.4) is 0 Å². The standard InChI is InChI=1S/C12H18N4O2/c1-16-5-3-9(4-6-16)15-11-8-13-10(7-14-11)12(17)18-2/h7-9H,3-6H2,1-2H3,(H,14,15). The van der Waals surface area contributed by atoms with Crippen molar-refractivity contribution in [2.24, 2.45) is 0 Å². The molecule has 6 nitrogen and oxygen atoms in total. The van der Waals surface area contributed by atoms with Gasteiger partial charge in [-0.2, -0.15) is 0 Å². The van der Waals surface area contributed by atoms with Crippen LogP contribution in [0.15, 0.2) is 12.4 Å². The smallest absolute Gasteiger partial charge is 0.358 e. The van der Waals surface area contributed by atoms with Crippen LogP contribution >= 0.6 is 0 Å². The van der Waals surface area contributed by atoms with Crippen molar-refractivity contribution in [2.45, 2.75) is 18.9 Å². The summed E-state index contributed by atoms with van der Waals surface area (Å²) in [7, 11) is 3.45. The Morgan fingerprint density at radius 2 is 2.11 bits per heavy atom. The zero-order chi connectivity index (χ0) is 13.0. The number of ether oxygens (including phenoxy) is 1. The molecule has 1 saturated heterocycles. The van der Waals surface area contributed by atoms with Crippen molar-refractivity contribution in [3.8, 4) is 0 Å². The van der Waals surface area contributed by atoms with Gasteiger partial charge in [-0.25, -0.2) is 14.8 Å². The Morgan fingerprint density at radius 1 is 1.39 bits per heavy atom. The van der Waals surface area contributed by atoms with Crippen LogP contribution in [0.25, 0.3) is 0 Å². The van der Waals surface area contributed by atoms with Gasteiger partial charge in [0.25, 0.3) is 0 Å². The van der Waals surface area contributed by atoms with Crippen molar-refractivity contribution in [2.75, 3.05) is 32.6 Å². The lowest BCUT2D eigenvalue weighted by Crippen LogP contribution is -2.36. The average Bonchev–Trinajstić information content (AvgIpc) is 2.41. The first kappa shape index (κ1) is 12.8. The summed E-state index contributed by atoms with van der Waals surface area (Å²) in [6.07, 6.45) is 5.20. The van der Waals surface area contributed by atoms with Gasteiger partial charge in [0.15, 0.2) is 5.69 Å². The van der Waals surface area contributed by atoms with Gasteiger partial charge in [-0.3, -0.25) is 0 Å². The fourth-order valence-electron chi connectivity index (χ4n) is 1.97. The Hall–Kier alpha value is -1.69. The van der Waals surface area contributed by atoms with Crippen molar-refractivity contribution >= 4 is 11.8 Å². The molecule has 0 spiro atoms. The molecule has 1 N–H and O–H groups in total. The van der Waals surface area contributed by atoms with Gasteiger partial charge in [0.2, 0.25) is 0 Å². The monoisotopic (exact) mass is 250 g/mol. The summed E-state index contributed by atoms with van der Waals surface area (Å²) in [4.78, 5) is 21.7. The fourth-order valence-corrected chi connectivity index (χ4v) is 1.97. The highest BCUT2D eigenvalue weighted by Gasteiger charge is 2.17. The lowest BCUT2D eigenvalue weighted by Gasteiger charge is -2.29. The molecule has 1 aromatic heterocycles. The number of nitrogens with zero attached hydrogens (tertiary/aromatic N) is 3. The minimum absolute atomic E-state index is 0.228. The van der Waals surface area contributed by atoms with E-state index in [0.717, 1.165) is 25.9 Å². The Labute approximate surface area is 106 Å². The Balaban J connectivity index is 1.92. The second kappa shape index (κ2) is 5.77. The molecule has 0 saturated carbocycles. The van der Waals surface area contributed by atoms with Crippen molar-refractivity contribution in [3.05, 3.63) is 18.1 Å². The van der Waals surface area contributed by atoms with E-state index >= 15 is 0 Å². The molecule has 98 valence electrons. The second-order valence-electron chi connectivity index (χ2n) is 4.50. The molecular weight excluding hydrogens is 232 g/mol. The molecule has 6 heteroatoms. The molecule has 1 aromatic rings. The lowest BCUT2D eigenvalue weighted by atomic mass is 10.1. The SMILES string of the molecule is COC(=O)c1cnc(NC2CCN(C)CC2)cn1. The van der Waals surface area contributed by atoms with Gasteiger partial charge in [-0.15, -0.1) is 0 Å².